The van der Waals surface area contributed by atoms with Crippen molar-refractivity contribution >= 4 is 63.6 Å². The fourth-order valence-corrected chi connectivity index (χ4v) is 5.33. The van der Waals surface area contributed by atoms with E-state index in [2.05, 4.69) is 21.3 Å². The number of hydrogen-bond donors (Lipinski definition) is 4. The lowest BCUT2D eigenvalue weighted by Crippen LogP contribution is -2.28. The molecule has 0 saturated carbocycles. The molecule has 4 aromatic rings. The minimum atomic E-state index is -0.422. The molecular formula is C28H33ClN8O4S. The van der Waals surface area contributed by atoms with Crippen LogP contribution in [0.25, 0.3) is 0 Å². The van der Waals surface area contributed by atoms with Gasteiger partial charge in [-0.05, 0) is 56.7 Å². The number of carbonyl (C=O) groups is 4. The third kappa shape index (κ3) is 7.29. The molecule has 4 aromatic heterocycles. The standard InChI is InChI=1S/C28H33ClN8O4S/c1-34(2)9-6-8-30-25(38)21-11-17(14-35(21)3)31-26(39)22-12-18(15-36(22)4)32-27(40)23-13-19(16-37(23)5)33-28(41)24-20(29)7-10-42-24/h7,10-16H,6,8-9H2,1-5H3,(H,30,38)(H,31,39)(H,32,40)(H,33,41). The summed E-state index contributed by atoms with van der Waals surface area (Å²) in [6.45, 7) is 1.41. The topological polar surface area (TPSA) is 134 Å². The monoisotopic (exact) mass is 612 g/mol. The van der Waals surface area contributed by atoms with Crippen LogP contribution in [0.15, 0.2) is 48.2 Å². The van der Waals surface area contributed by atoms with E-state index in [1.807, 2.05) is 19.0 Å². The molecule has 0 spiro atoms. The lowest BCUT2D eigenvalue weighted by atomic mass is 10.3. The van der Waals surface area contributed by atoms with Crippen LogP contribution in [0.1, 0.15) is 47.6 Å². The zero-order valence-electron chi connectivity index (χ0n) is 23.9. The van der Waals surface area contributed by atoms with Gasteiger partial charge < -0.3 is 39.9 Å². The van der Waals surface area contributed by atoms with Crippen molar-refractivity contribution < 1.29 is 19.2 Å². The van der Waals surface area contributed by atoms with E-state index in [-0.39, 0.29) is 11.8 Å². The molecule has 4 N–H and O–H groups in total. The van der Waals surface area contributed by atoms with Crippen LogP contribution in [0.3, 0.4) is 0 Å². The molecule has 14 heteroatoms. The van der Waals surface area contributed by atoms with Gasteiger partial charge in [0.05, 0.1) is 22.1 Å². The lowest BCUT2D eigenvalue weighted by Gasteiger charge is -2.10. The van der Waals surface area contributed by atoms with Crippen molar-refractivity contribution in [3.05, 3.63) is 75.2 Å². The quantitative estimate of drug-likeness (QED) is 0.191. The predicted molar refractivity (Wildman–Crippen MR) is 165 cm³/mol. The summed E-state index contributed by atoms with van der Waals surface area (Å²) in [4.78, 5) is 53.5. The summed E-state index contributed by atoms with van der Waals surface area (Å²) in [6.07, 6.45) is 5.73. The number of nitrogens with one attached hydrogen (secondary N) is 4. The highest BCUT2D eigenvalue weighted by Gasteiger charge is 2.19. The van der Waals surface area contributed by atoms with Gasteiger partial charge in [0, 0.05) is 46.3 Å². The van der Waals surface area contributed by atoms with E-state index >= 15 is 0 Å². The van der Waals surface area contributed by atoms with Gasteiger partial charge in [0.15, 0.2) is 0 Å². The first kappa shape index (κ1) is 30.6. The molecule has 0 radical (unpaired) electrons. The number of nitrogens with zero attached hydrogens (tertiary/aromatic N) is 4. The van der Waals surface area contributed by atoms with Gasteiger partial charge in [0.2, 0.25) is 0 Å². The Kier molecular flexibility index (Phi) is 9.55. The number of carbonyl (C=O) groups excluding carboxylic acids is 4. The average molecular weight is 613 g/mol. The number of hydrogen-bond acceptors (Lipinski definition) is 6. The average Bonchev–Trinajstić information content (AvgIpc) is 3.68. The SMILES string of the molecule is CN(C)CCCNC(=O)c1cc(NC(=O)c2cc(NC(=O)c3cc(NC(=O)c4sccc4Cl)cn3C)cn2C)cn1C. The summed E-state index contributed by atoms with van der Waals surface area (Å²) >= 11 is 7.27. The Bertz CT molecular complexity index is 1630. The molecule has 0 fully saturated rings. The fraction of sp³-hybridized carbons (Fsp3) is 0.286. The van der Waals surface area contributed by atoms with Crippen molar-refractivity contribution in [2.24, 2.45) is 21.1 Å². The first-order valence-corrected chi connectivity index (χ1v) is 14.3. The van der Waals surface area contributed by atoms with Crippen LogP contribution >= 0.6 is 22.9 Å². The normalized spacial score (nSPS) is 11.0. The third-order valence-electron chi connectivity index (χ3n) is 6.38. The van der Waals surface area contributed by atoms with Gasteiger partial charge in [-0.15, -0.1) is 11.3 Å². The van der Waals surface area contributed by atoms with Crippen LogP contribution in [0, 0.1) is 0 Å². The van der Waals surface area contributed by atoms with E-state index in [1.54, 1.807) is 83.1 Å². The van der Waals surface area contributed by atoms with Gasteiger partial charge in [-0.2, -0.15) is 0 Å². The van der Waals surface area contributed by atoms with Gasteiger partial charge in [0.1, 0.15) is 22.0 Å². The minimum Gasteiger partial charge on any atom is -0.351 e. The Morgan fingerprint density at radius 3 is 1.64 bits per heavy atom. The van der Waals surface area contributed by atoms with Gasteiger partial charge >= 0.3 is 0 Å². The van der Waals surface area contributed by atoms with Crippen LogP contribution in [0.2, 0.25) is 5.02 Å². The molecule has 0 unspecified atom stereocenters. The van der Waals surface area contributed by atoms with E-state index < -0.39 is 11.8 Å². The van der Waals surface area contributed by atoms with Gasteiger partial charge in [-0.25, -0.2) is 0 Å². The second kappa shape index (κ2) is 13.1. The molecule has 0 aliphatic heterocycles. The summed E-state index contributed by atoms with van der Waals surface area (Å²) in [5.74, 6) is -1.41. The third-order valence-corrected chi connectivity index (χ3v) is 7.72. The largest absolute Gasteiger partial charge is 0.351 e. The number of aryl methyl sites for hydroxylation is 3. The molecule has 12 nitrogen and oxygen atoms in total. The Hall–Kier alpha value is -4.33. The zero-order valence-corrected chi connectivity index (χ0v) is 25.5. The number of halogens is 1. The lowest BCUT2D eigenvalue weighted by molar-refractivity contribution is 0.0942. The maximum absolute atomic E-state index is 13.0. The molecule has 4 heterocycles. The highest BCUT2D eigenvalue weighted by atomic mass is 35.5. The van der Waals surface area contributed by atoms with Crippen LogP contribution < -0.4 is 21.3 Å². The molecule has 4 rings (SSSR count). The second-order valence-corrected chi connectivity index (χ2v) is 11.4. The first-order valence-electron chi connectivity index (χ1n) is 13.0. The van der Waals surface area contributed by atoms with Crippen molar-refractivity contribution in [2.75, 3.05) is 43.1 Å². The molecule has 0 aliphatic rings. The van der Waals surface area contributed by atoms with E-state index in [9.17, 15) is 19.2 Å². The molecule has 222 valence electrons. The summed E-state index contributed by atoms with van der Waals surface area (Å²) in [6, 6.07) is 6.36. The molecule has 0 atom stereocenters. The van der Waals surface area contributed by atoms with Crippen molar-refractivity contribution in [2.45, 2.75) is 6.42 Å². The maximum atomic E-state index is 13.0. The van der Waals surface area contributed by atoms with Gasteiger partial charge in [-0.1, -0.05) is 11.6 Å². The first-order chi connectivity index (χ1) is 19.9. The Morgan fingerprint density at radius 2 is 1.21 bits per heavy atom. The smallest absolute Gasteiger partial charge is 0.272 e. The molecular weight excluding hydrogens is 580 g/mol. The number of thiophene rings is 1. The molecule has 0 aliphatic carbocycles. The predicted octanol–water partition coefficient (Wildman–Crippen LogP) is 3.86. The van der Waals surface area contributed by atoms with Gasteiger partial charge in [0.25, 0.3) is 23.6 Å². The summed E-state index contributed by atoms with van der Waals surface area (Å²) in [5, 5.41) is 13.3. The van der Waals surface area contributed by atoms with E-state index in [4.69, 9.17) is 11.6 Å². The van der Waals surface area contributed by atoms with Crippen LogP contribution in [0.4, 0.5) is 17.1 Å². The van der Waals surface area contributed by atoms with Gasteiger partial charge in [-0.3, -0.25) is 19.2 Å². The number of anilines is 3. The second-order valence-electron chi connectivity index (χ2n) is 10.0. The molecule has 0 bridgehead atoms. The van der Waals surface area contributed by atoms with Crippen molar-refractivity contribution in [1.29, 1.82) is 0 Å². The molecule has 4 amide bonds. The van der Waals surface area contributed by atoms with Crippen LogP contribution in [-0.4, -0.2) is 69.4 Å². The molecule has 0 aromatic carbocycles. The highest BCUT2D eigenvalue weighted by Crippen LogP contribution is 2.24. The van der Waals surface area contributed by atoms with Crippen LogP contribution in [0.5, 0.6) is 0 Å². The van der Waals surface area contributed by atoms with E-state index in [1.165, 1.54) is 11.3 Å². The van der Waals surface area contributed by atoms with Crippen molar-refractivity contribution in [1.82, 2.24) is 23.9 Å². The summed E-state index contributed by atoms with van der Waals surface area (Å²) in [7, 11) is 9.06. The van der Waals surface area contributed by atoms with Crippen LogP contribution in [-0.2, 0) is 21.1 Å². The van der Waals surface area contributed by atoms with E-state index in [0.717, 1.165) is 13.0 Å². The van der Waals surface area contributed by atoms with E-state index in [0.29, 0.717) is 50.6 Å². The number of rotatable bonds is 11. The number of aromatic nitrogens is 3. The number of amides is 4. The highest BCUT2D eigenvalue weighted by molar-refractivity contribution is 7.12. The Labute approximate surface area is 252 Å². The Morgan fingerprint density at radius 1 is 0.762 bits per heavy atom. The van der Waals surface area contributed by atoms with Crippen molar-refractivity contribution in [3.8, 4) is 0 Å². The minimum absolute atomic E-state index is 0.223. The molecule has 42 heavy (non-hydrogen) atoms. The molecule has 0 saturated heterocycles. The zero-order chi connectivity index (χ0) is 30.6. The Balaban J connectivity index is 1.37. The summed E-state index contributed by atoms with van der Waals surface area (Å²) < 4.78 is 4.83. The fourth-order valence-electron chi connectivity index (χ4n) is 4.30. The maximum Gasteiger partial charge on any atom is 0.272 e. The van der Waals surface area contributed by atoms with Crippen molar-refractivity contribution in [3.63, 3.8) is 0 Å². The summed E-state index contributed by atoms with van der Waals surface area (Å²) in [5.41, 5.74) is 2.35.